The largest absolute Gasteiger partial charge is 0.360 e. The number of hydrogen-bond acceptors (Lipinski definition) is 5. The van der Waals surface area contributed by atoms with E-state index in [2.05, 4.69) is 16.9 Å². The topological polar surface area (TPSA) is 89.8 Å². The van der Waals surface area contributed by atoms with Gasteiger partial charge in [-0.3, -0.25) is 14.5 Å². The van der Waals surface area contributed by atoms with Crippen LogP contribution < -0.4 is 4.90 Å². The molecule has 0 aliphatic heterocycles. The van der Waals surface area contributed by atoms with Gasteiger partial charge < -0.3 is 4.98 Å². The molecule has 2 aromatic heterocycles. The zero-order valence-electron chi connectivity index (χ0n) is 15.9. The maximum Gasteiger partial charge on any atom is 0.225 e. The molecule has 3 rings (SSSR count). The fraction of sp³-hybridized carbons (Fsp3) is 0.238. The van der Waals surface area contributed by atoms with Gasteiger partial charge in [-0.05, 0) is 25.0 Å². The summed E-state index contributed by atoms with van der Waals surface area (Å²) in [7, 11) is 0. The number of fused-ring (bicyclic) bond motifs is 1. The van der Waals surface area contributed by atoms with Crippen LogP contribution in [0.3, 0.4) is 0 Å². The van der Waals surface area contributed by atoms with Crippen molar-refractivity contribution >= 4 is 45.1 Å². The number of nitriles is 1. The van der Waals surface area contributed by atoms with E-state index in [4.69, 9.17) is 0 Å². The van der Waals surface area contributed by atoms with Crippen LogP contribution in [0, 0.1) is 11.3 Å². The van der Waals surface area contributed by atoms with Crippen molar-refractivity contribution in [1.29, 1.82) is 5.26 Å². The number of carbonyl (C=O) groups excluding carboxylic acids is 2. The fourth-order valence-corrected chi connectivity index (χ4v) is 3.99. The molecule has 0 saturated heterocycles. The second kappa shape index (κ2) is 8.19. The summed E-state index contributed by atoms with van der Waals surface area (Å²) in [5.41, 5.74) is 2.99. The summed E-state index contributed by atoms with van der Waals surface area (Å²) in [6, 6.07) is 7.79. The van der Waals surface area contributed by atoms with Crippen LogP contribution in [0.1, 0.15) is 42.4 Å². The fourth-order valence-electron chi connectivity index (χ4n) is 3.10. The SMILES string of the molecule is CCc1cccc2c(C(=O)/C(C#N)=C/c3csc(N(CC)C(C)=O)n3)c[nH]c12. The number of ketones is 1. The van der Waals surface area contributed by atoms with Crippen LogP contribution in [-0.2, 0) is 11.2 Å². The number of aryl methyl sites for hydroxylation is 1. The Hall–Kier alpha value is -3.24. The van der Waals surface area contributed by atoms with Crippen LogP contribution >= 0.6 is 11.3 Å². The van der Waals surface area contributed by atoms with Crippen molar-refractivity contribution in [2.75, 3.05) is 11.4 Å². The Balaban J connectivity index is 1.96. The molecule has 7 heteroatoms. The van der Waals surface area contributed by atoms with E-state index in [9.17, 15) is 14.9 Å². The lowest BCUT2D eigenvalue weighted by Gasteiger charge is -2.14. The minimum atomic E-state index is -0.351. The Labute approximate surface area is 167 Å². The monoisotopic (exact) mass is 392 g/mol. The number of anilines is 1. The van der Waals surface area contributed by atoms with Crippen molar-refractivity contribution in [3.05, 3.63) is 52.2 Å². The van der Waals surface area contributed by atoms with Crippen molar-refractivity contribution in [3.8, 4) is 6.07 Å². The normalized spacial score (nSPS) is 11.4. The number of carbonyl (C=O) groups is 2. The number of H-pyrrole nitrogens is 1. The number of aromatic nitrogens is 2. The zero-order valence-corrected chi connectivity index (χ0v) is 16.8. The Morgan fingerprint density at radius 1 is 1.36 bits per heavy atom. The van der Waals surface area contributed by atoms with Crippen LogP contribution in [0.2, 0.25) is 0 Å². The smallest absolute Gasteiger partial charge is 0.225 e. The van der Waals surface area contributed by atoms with Crippen LogP contribution in [0.4, 0.5) is 5.13 Å². The summed E-state index contributed by atoms with van der Waals surface area (Å²) in [4.78, 5) is 33.7. The van der Waals surface area contributed by atoms with Gasteiger partial charge in [-0.25, -0.2) is 4.98 Å². The highest BCUT2D eigenvalue weighted by Gasteiger charge is 2.19. The molecular formula is C21H20N4O2S. The number of allylic oxidation sites excluding steroid dienone is 1. The molecule has 142 valence electrons. The van der Waals surface area contributed by atoms with E-state index >= 15 is 0 Å². The van der Waals surface area contributed by atoms with Gasteiger partial charge in [0, 0.05) is 41.5 Å². The van der Waals surface area contributed by atoms with E-state index in [0.29, 0.717) is 22.9 Å². The van der Waals surface area contributed by atoms with Gasteiger partial charge in [0.2, 0.25) is 11.7 Å². The Kier molecular flexibility index (Phi) is 5.71. The number of rotatable bonds is 6. The number of thiazole rings is 1. The van der Waals surface area contributed by atoms with E-state index in [1.165, 1.54) is 24.3 Å². The molecule has 0 bridgehead atoms. The predicted molar refractivity (Wildman–Crippen MR) is 111 cm³/mol. The van der Waals surface area contributed by atoms with Gasteiger partial charge in [-0.1, -0.05) is 25.1 Å². The van der Waals surface area contributed by atoms with E-state index in [-0.39, 0.29) is 17.3 Å². The van der Waals surface area contributed by atoms with E-state index in [1.807, 2.05) is 31.2 Å². The molecular weight excluding hydrogens is 372 g/mol. The van der Waals surface area contributed by atoms with Gasteiger partial charge in [0.15, 0.2) is 5.13 Å². The number of hydrogen-bond donors (Lipinski definition) is 1. The zero-order chi connectivity index (χ0) is 20.3. The number of aromatic amines is 1. The molecule has 0 atom stereocenters. The van der Waals surface area contributed by atoms with Crippen LogP contribution in [0.5, 0.6) is 0 Å². The first-order chi connectivity index (χ1) is 13.5. The van der Waals surface area contributed by atoms with Crippen molar-refractivity contribution in [1.82, 2.24) is 9.97 Å². The van der Waals surface area contributed by atoms with E-state index in [0.717, 1.165) is 22.9 Å². The highest BCUT2D eigenvalue weighted by molar-refractivity contribution is 7.14. The third kappa shape index (κ3) is 3.59. The molecule has 3 aromatic rings. The molecule has 0 aliphatic carbocycles. The standard InChI is InChI=1S/C21H20N4O2S/c1-4-14-7-6-8-17-18(11-23-19(14)17)20(27)15(10-22)9-16-12-28-21(24-16)25(5-2)13(3)26/h6-9,11-12,23H,4-5H2,1-3H3/b15-9+. The lowest BCUT2D eigenvalue weighted by molar-refractivity contribution is -0.116. The Morgan fingerprint density at radius 2 is 2.14 bits per heavy atom. The number of para-hydroxylation sites is 1. The van der Waals surface area contributed by atoms with Gasteiger partial charge >= 0.3 is 0 Å². The van der Waals surface area contributed by atoms with Gasteiger partial charge in [-0.2, -0.15) is 5.26 Å². The molecule has 6 nitrogen and oxygen atoms in total. The number of Topliss-reactive ketones (excluding diaryl/α,β-unsaturated/α-hetero) is 1. The summed E-state index contributed by atoms with van der Waals surface area (Å²) in [5.74, 6) is -0.454. The van der Waals surface area contributed by atoms with E-state index < -0.39 is 0 Å². The van der Waals surface area contributed by atoms with Gasteiger partial charge in [0.25, 0.3) is 0 Å². The summed E-state index contributed by atoms with van der Waals surface area (Å²) < 4.78 is 0. The molecule has 0 spiro atoms. The van der Waals surface area contributed by atoms with E-state index in [1.54, 1.807) is 16.5 Å². The van der Waals surface area contributed by atoms with Gasteiger partial charge in [0.1, 0.15) is 11.6 Å². The number of nitrogens with one attached hydrogen (secondary N) is 1. The third-order valence-electron chi connectivity index (χ3n) is 4.52. The second-order valence-electron chi connectivity index (χ2n) is 6.21. The van der Waals surface area contributed by atoms with Crippen molar-refractivity contribution in [2.24, 2.45) is 0 Å². The van der Waals surface area contributed by atoms with Crippen LogP contribution in [0.15, 0.2) is 35.3 Å². The van der Waals surface area contributed by atoms with Crippen LogP contribution in [0.25, 0.3) is 17.0 Å². The molecule has 0 aliphatic rings. The molecule has 0 radical (unpaired) electrons. The number of nitrogens with zero attached hydrogens (tertiary/aromatic N) is 3. The Bertz CT molecular complexity index is 1120. The maximum absolute atomic E-state index is 13.0. The molecule has 0 saturated carbocycles. The summed E-state index contributed by atoms with van der Waals surface area (Å²) >= 11 is 1.30. The quantitative estimate of drug-likeness (QED) is 0.384. The molecule has 0 unspecified atom stereocenters. The van der Waals surface area contributed by atoms with Crippen molar-refractivity contribution in [3.63, 3.8) is 0 Å². The van der Waals surface area contributed by atoms with Gasteiger partial charge in [0.05, 0.1) is 5.69 Å². The first-order valence-electron chi connectivity index (χ1n) is 8.99. The highest BCUT2D eigenvalue weighted by atomic mass is 32.1. The molecule has 1 aromatic carbocycles. The summed E-state index contributed by atoms with van der Waals surface area (Å²) in [5, 5.41) is 12.6. The lowest BCUT2D eigenvalue weighted by Crippen LogP contribution is -2.27. The Morgan fingerprint density at radius 3 is 2.79 bits per heavy atom. The average molecular weight is 392 g/mol. The second-order valence-corrected chi connectivity index (χ2v) is 7.05. The lowest BCUT2D eigenvalue weighted by atomic mass is 10.0. The maximum atomic E-state index is 13.0. The highest BCUT2D eigenvalue weighted by Crippen LogP contribution is 2.26. The number of amides is 1. The van der Waals surface area contributed by atoms with Crippen molar-refractivity contribution < 1.29 is 9.59 Å². The molecule has 2 heterocycles. The molecule has 1 amide bonds. The third-order valence-corrected chi connectivity index (χ3v) is 5.40. The predicted octanol–water partition coefficient (Wildman–Crippen LogP) is 4.35. The molecule has 1 N–H and O–H groups in total. The first kappa shape index (κ1) is 19.5. The van der Waals surface area contributed by atoms with Crippen LogP contribution in [-0.4, -0.2) is 28.2 Å². The summed E-state index contributed by atoms with van der Waals surface area (Å²) in [6.07, 6.45) is 3.97. The average Bonchev–Trinajstić information content (AvgIpc) is 3.32. The van der Waals surface area contributed by atoms with Gasteiger partial charge in [-0.15, -0.1) is 11.3 Å². The van der Waals surface area contributed by atoms with Crippen molar-refractivity contribution in [2.45, 2.75) is 27.2 Å². The minimum absolute atomic E-state index is 0.00512. The first-order valence-corrected chi connectivity index (χ1v) is 9.87. The number of benzene rings is 1. The minimum Gasteiger partial charge on any atom is -0.360 e. The summed E-state index contributed by atoms with van der Waals surface area (Å²) in [6.45, 7) is 5.90. The molecule has 0 fully saturated rings. The molecule has 28 heavy (non-hydrogen) atoms.